The van der Waals surface area contributed by atoms with Crippen LogP contribution in [0.5, 0.6) is 0 Å². The molecule has 0 saturated heterocycles. The smallest absolute Gasteiger partial charge is 0.231 e. The fraction of sp³-hybridized carbons (Fsp3) is 0.235. The molecule has 0 spiro atoms. The Morgan fingerprint density at radius 1 is 1.24 bits per heavy atom. The fourth-order valence-electron chi connectivity index (χ4n) is 2.76. The van der Waals surface area contributed by atoms with Gasteiger partial charge in [0.05, 0.1) is 12.5 Å². The van der Waals surface area contributed by atoms with E-state index in [4.69, 9.17) is 5.73 Å². The number of anilines is 1. The van der Waals surface area contributed by atoms with Gasteiger partial charge in [-0.3, -0.25) is 4.79 Å². The minimum Gasteiger partial charge on any atom is -0.320 e. The summed E-state index contributed by atoms with van der Waals surface area (Å²) in [5.74, 6) is -0.237. The predicted octanol–water partition coefficient (Wildman–Crippen LogP) is 2.70. The van der Waals surface area contributed by atoms with Crippen molar-refractivity contribution >= 4 is 11.6 Å². The molecule has 1 amide bonds. The number of rotatable bonds is 2. The van der Waals surface area contributed by atoms with E-state index in [9.17, 15) is 9.18 Å². The molecule has 0 saturated carbocycles. The first-order valence-electron chi connectivity index (χ1n) is 6.88. The van der Waals surface area contributed by atoms with Crippen LogP contribution in [-0.2, 0) is 11.2 Å². The Kier molecular flexibility index (Phi) is 3.26. The molecule has 3 nitrogen and oxygen atoms in total. The van der Waals surface area contributed by atoms with E-state index in [1.54, 1.807) is 24.1 Å². The molecule has 0 aromatic heterocycles. The highest BCUT2D eigenvalue weighted by atomic mass is 19.1. The highest BCUT2D eigenvalue weighted by Gasteiger charge is 2.25. The molecule has 0 radical (unpaired) electrons. The third-order valence-corrected chi connectivity index (χ3v) is 4.03. The van der Waals surface area contributed by atoms with Crippen LogP contribution in [0.15, 0.2) is 36.4 Å². The molecular weight excluding hydrogens is 267 g/mol. The Morgan fingerprint density at radius 2 is 2.00 bits per heavy atom. The molecule has 2 aromatic rings. The third kappa shape index (κ3) is 2.32. The molecular formula is C17H17FN2O. The summed E-state index contributed by atoms with van der Waals surface area (Å²) in [6.07, 6.45) is 0.378. The Bertz CT molecular complexity index is 727. The number of likely N-dealkylation sites (N-methyl/N-ethyl adjacent to an activating group) is 1. The first-order chi connectivity index (χ1) is 9.97. The largest absolute Gasteiger partial charge is 0.320 e. The highest BCUT2D eigenvalue weighted by molar-refractivity contribution is 6.00. The number of nitrogens with zero attached hydrogens (tertiary/aromatic N) is 1. The minimum atomic E-state index is -0.531. The van der Waals surface area contributed by atoms with Crippen molar-refractivity contribution in [3.63, 3.8) is 0 Å². The number of nitrogens with two attached hydrogens (primary N) is 1. The second-order valence-electron chi connectivity index (χ2n) is 5.52. The van der Waals surface area contributed by atoms with E-state index in [-0.39, 0.29) is 11.7 Å². The van der Waals surface area contributed by atoms with Crippen molar-refractivity contribution < 1.29 is 9.18 Å². The quantitative estimate of drug-likeness (QED) is 0.921. The molecule has 0 aliphatic carbocycles. The second-order valence-corrected chi connectivity index (χ2v) is 5.52. The van der Waals surface area contributed by atoms with Crippen molar-refractivity contribution in [3.8, 4) is 0 Å². The number of amides is 1. The zero-order chi connectivity index (χ0) is 15.1. The van der Waals surface area contributed by atoms with E-state index >= 15 is 0 Å². The normalized spacial score (nSPS) is 15.2. The molecule has 0 bridgehead atoms. The van der Waals surface area contributed by atoms with E-state index in [1.807, 2.05) is 25.1 Å². The van der Waals surface area contributed by atoms with Crippen molar-refractivity contribution in [3.05, 3.63) is 64.5 Å². The molecule has 2 N–H and O–H groups in total. The Hall–Kier alpha value is -2.20. The van der Waals surface area contributed by atoms with Gasteiger partial charge in [0.2, 0.25) is 5.91 Å². The Labute approximate surface area is 123 Å². The maximum atomic E-state index is 14.0. The molecule has 1 unspecified atom stereocenters. The minimum absolute atomic E-state index is 0.0671. The average Bonchev–Trinajstić information content (AvgIpc) is 2.75. The first kappa shape index (κ1) is 13.8. The van der Waals surface area contributed by atoms with Crippen LogP contribution in [0.1, 0.15) is 28.3 Å². The summed E-state index contributed by atoms with van der Waals surface area (Å²) in [4.78, 5) is 13.4. The van der Waals surface area contributed by atoms with Crippen molar-refractivity contribution in [2.75, 3.05) is 11.9 Å². The highest BCUT2D eigenvalue weighted by Crippen LogP contribution is 2.32. The lowest BCUT2D eigenvalue weighted by Crippen LogP contribution is -2.20. The zero-order valence-electron chi connectivity index (χ0n) is 12.1. The molecule has 1 atom stereocenters. The van der Waals surface area contributed by atoms with E-state index < -0.39 is 6.04 Å². The number of aryl methyl sites for hydroxylation is 1. The number of halogens is 1. The molecule has 108 valence electrons. The van der Waals surface area contributed by atoms with E-state index in [0.29, 0.717) is 12.0 Å². The van der Waals surface area contributed by atoms with Gasteiger partial charge in [-0.05, 0) is 30.2 Å². The van der Waals surface area contributed by atoms with Gasteiger partial charge >= 0.3 is 0 Å². The van der Waals surface area contributed by atoms with Gasteiger partial charge in [-0.25, -0.2) is 4.39 Å². The van der Waals surface area contributed by atoms with Crippen LogP contribution in [-0.4, -0.2) is 13.0 Å². The van der Waals surface area contributed by atoms with Crippen molar-refractivity contribution in [2.24, 2.45) is 5.73 Å². The second kappa shape index (κ2) is 4.97. The molecule has 1 heterocycles. The first-order valence-corrected chi connectivity index (χ1v) is 6.88. The zero-order valence-corrected chi connectivity index (χ0v) is 12.1. The van der Waals surface area contributed by atoms with Crippen LogP contribution in [0.2, 0.25) is 0 Å². The fourth-order valence-corrected chi connectivity index (χ4v) is 2.76. The summed E-state index contributed by atoms with van der Waals surface area (Å²) >= 11 is 0. The van der Waals surface area contributed by atoms with Gasteiger partial charge in [-0.2, -0.15) is 0 Å². The SMILES string of the molecule is Cc1ccc(F)c(C(N)c2ccc3c(c2)CC(=O)N3C)c1. The summed E-state index contributed by atoms with van der Waals surface area (Å²) in [6.45, 7) is 1.91. The average molecular weight is 284 g/mol. The Morgan fingerprint density at radius 3 is 2.76 bits per heavy atom. The van der Waals surface area contributed by atoms with Crippen molar-refractivity contribution in [1.82, 2.24) is 0 Å². The van der Waals surface area contributed by atoms with Crippen LogP contribution in [0, 0.1) is 12.7 Å². The maximum absolute atomic E-state index is 14.0. The third-order valence-electron chi connectivity index (χ3n) is 4.03. The van der Waals surface area contributed by atoms with E-state index in [0.717, 1.165) is 22.4 Å². The van der Waals surface area contributed by atoms with Crippen LogP contribution < -0.4 is 10.6 Å². The molecule has 1 aliphatic rings. The lowest BCUT2D eigenvalue weighted by atomic mass is 9.95. The van der Waals surface area contributed by atoms with Crippen LogP contribution in [0.4, 0.5) is 10.1 Å². The van der Waals surface area contributed by atoms with Crippen molar-refractivity contribution in [1.29, 1.82) is 0 Å². The van der Waals surface area contributed by atoms with Crippen LogP contribution >= 0.6 is 0 Å². The molecule has 1 aliphatic heterocycles. The number of benzene rings is 2. The number of carbonyl (C=O) groups excluding carboxylic acids is 1. The molecule has 2 aromatic carbocycles. The van der Waals surface area contributed by atoms with Gasteiger partial charge in [0.15, 0.2) is 0 Å². The van der Waals surface area contributed by atoms with E-state index in [1.165, 1.54) is 6.07 Å². The maximum Gasteiger partial charge on any atom is 0.231 e. The van der Waals surface area contributed by atoms with Crippen molar-refractivity contribution in [2.45, 2.75) is 19.4 Å². The van der Waals surface area contributed by atoms with Gasteiger partial charge in [-0.15, -0.1) is 0 Å². The van der Waals surface area contributed by atoms with Gasteiger partial charge in [0.25, 0.3) is 0 Å². The summed E-state index contributed by atoms with van der Waals surface area (Å²) in [6, 6.07) is 10.0. The standard InChI is InChI=1S/C17H17FN2O/c1-10-3-5-14(18)13(7-10)17(19)11-4-6-15-12(8-11)9-16(21)20(15)2/h3-8,17H,9,19H2,1-2H3. The van der Waals surface area contributed by atoms with Gasteiger partial charge in [-0.1, -0.05) is 29.8 Å². The number of hydrogen-bond acceptors (Lipinski definition) is 2. The molecule has 0 fully saturated rings. The topological polar surface area (TPSA) is 46.3 Å². The van der Waals surface area contributed by atoms with E-state index in [2.05, 4.69) is 0 Å². The number of hydrogen-bond donors (Lipinski definition) is 1. The van der Waals surface area contributed by atoms with Crippen LogP contribution in [0.3, 0.4) is 0 Å². The monoisotopic (exact) mass is 284 g/mol. The van der Waals surface area contributed by atoms with Gasteiger partial charge in [0.1, 0.15) is 5.82 Å². The number of carbonyl (C=O) groups is 1. The van der Waals surface area contributed by atoms with Crippen LogP contribution in [0.25, 0.3) is 0 Å². The number of fused-ring (bicyclic) bond motifs is 1. The molecule has 3 rings (SSSR count). The summed E-state index contributed by atoms with van der Waals surface area (Å²) in [5.41, 5.74) is 10.3. The lowest BCUT2D eigenvalue weighted by molar-refractivity contribution is -0.117. The summed E-state index contributed by atoms with van der Waals surface area (Å²) in [7, 11) is 1.76. The summed E-state index contributed by atoms with van der Waals surface area (Å²) < 4.78 is 14.0. The van der Waals surface area contributed by atoms with Gasteiger partial charge in [0, 0.05) is 18.3 Å². The predicted molar refractivity (Wildman–Crippen MR) is 80.7 cm³/mol. The van der Waals surface area contributed by atoms with Gasteiger partial charge < -0.3 is 10.6 Å². The lowest BCUT2D eigenvalue weighted by Gasteiger charge is -2.16. The Balaban J connectivity index is 2.00. The molecule has 21 heavy (non-hydrogen) atoms. The summed E-state index contributed by atoms with van der Waals surface area (Å²) in [5, 5.41) is 0. The molecule has 4 heteroatoms.